The van der Waals surface area contributed by atoms with Crippen molar-refractivity contribution in [2.45, 2.75) is 38.6 Å². The number of carbonyl (C=O) groups is 1. The van der Waals surface area contributed by atoms with E-state index in [2.05, 4.69) is 41.4 Å². The van der Waals surface area contributed by atoms with Gasteiger partial charge in [0.25, 0.3) is 0 Å². The third kappa shape index (κ3) is 4.93. The number of methoxy groups -OCH3 is 1. The Morgan fingerprint density at radius 2 is 2.00 bits per heavy atom. The van der Waals surface area contributed by atoms with Gasteiger partial charge < -0.3 is 15.0 Å². The quantitative estimate of drug-likeness (QED) is 0.601. The first kappa shape index (κ1) is 20.7. The molecule has 5 nitrogen and oxygen atoms in total. The number of nitrogens with zero attached hydrogens (tertiary/aromatic N) is 2. The van der Waals surface area contributed by atoms with Gasteiger partial charge in [-0.25, -0.2) is 4.98 Å². The van der Waals surface area contributed by atoms with E-state index in [4.69, 9.17) is 9.72 Å². The van der Waals surface area contributed by atoms with Crippen LogP contribution in [0, 0.1) is 5.92 Å². The zero-order valence-electron chi connectivity index (χ0n) is 17.6. The van der Waals surface area contributed by atoms with Gasteiger partial charge in [0.1, 0.15) is 5.75 Å². The van der Waals surface area contributed by atoms with Gasteiger partial charge in [-0.15, -0.1) is 0 Å². The topological polar surface area (TPSA) is 54.5 Å². The summed E-state index contributed by atoms with van der Waals surface area (Å²) in [4.78, 5) is 19.8. The summed E-state index contributed by atoms with van der Waals surface area (Å²) < 4.78 is 6.45. The van der Waals surface area contributed by atoms with Gasteiger partial charge in [-0.3, -0.25) is 4.79 Å². The maximum atomic E-state index is 12.7. The molecule has 30 heavy (non-hydrogen) atoms. The average molecular weight is 424 g/mol. The van der Waals surface area contributed by atoms with E-state index in [1.165, 1.54) is 5.56 Å². The molecule has 158 valence electrons. The Bertz CT molecular complexity index is 981. The smallest absolute Gasteiger partial charge is 0.223 e. The zero-order chi connectivity index (χ0) is 20.9. The van der Waals surface area contributed by atoms with E-state index in [0.29, 0.717) is 0 Å². The fraction of sp³-hybridized carbons (Fsp3) is 0.417. The molecule has 2 aromatic carbocycles. The summed E-state index contributed by atoms with van der Waals surface area (Å²) in [6, 6.07) is 16.6. The van der Waals surface area contributed by atoms with Crippen molar-refractivity contribution in [2.24, 2.45) is 5.92 Å². The molecular formula is C24H29N3O2S. The minimum atomic E-state index is 0.0925. The molecule has 0 radical (unpaired) electrons. The Balaban J connectivity index is 1.27. The second-order valence-corrected chi connectivity index (χ2v) is 9.03. The van der Waals surface area contributed by atoms with Crippen LogP contribution in [0.3, 0.4) is 0 Å². The molecule has 0 aliphatic carbocycles. The van der Waals surface area contributed by atoms with Gasteiger partial charge in [0.05, 0.1) is 17.3 Å². The van der Waals surface area contributed by atoms with Crippen LogP contribution in [-0.4, -0.2) is 37.1 Å². The van der Waals surface area contributed by atoms with Crippen molar-refractivity contribution in [1.82, 2.24) is 10.3 Å². The second-order valence-electron chi connectivity index (χ2n) is 8.03. The van der Waals surface area contributed by atoms with E-state index in [-0.39, 0.29) is 17.9 Å². The van der Waals surface area contributed by atoms with Gasteiger partial charge in [0, 0.05) is 25.0 Å². The number of aryl methyl sites for hydroxylation is 1. The van der Waals surface area contributed by atoms with Gasteiger partial charge in [0.2, 0.25) is 5.91 Å². The van der Waals surface area contributed by atoms with Gasteiger partial charge >= 0.3 is 0 Å². The van der Waals surface area contributed by atoms with Crippen LogP contribution in [0.25, 0.3) is 10.2 Å². The van der Waals surface area contributed by atoms with Crippen molar-refractivity contribution in [2.75, 3.05) is 25.1 Å². The predicted molar refractivity (Wildman–Crippen MR) is 123 cm³/mol. The third-order valence-corrected chi connectivity index (χ3v) is 6.90. The van der Waals surface area contributed by atoms with Crippen LogP contribution in [0.15, 0.2) is 48.5 Å². The maximum absolute atomic E-state index is 12.7. The number of benzene rings is 2. The lowest BCUT2D eigenvalue weighted by Crippen LogP contribution is -2.43. The van der Waals surface area contributed by atoms with E-state index in [0.717, 1.165) is 59.9 Å². The number of piperidine rings is 1. The average Bonchev–Trinajstić information content (AvgIpc) is 3.22. The summed E-state index contributed by atoms with van der Waals surface area (Å²) in [5, 5.41) is 4.26. The largest absolute Gasteiger partial charge is 0.497 e. The molecule has 0 spiro atoms. The number of hydrogen-bond donors (Lipinski definition) is 1. The van der Waals surface area contributed by atoms with Crippen molar-refractivity contribution in [3.05, 3.63) is 54.1 Å². The number of nitrogens with one attached hydrogen (secondary N) is 1. The molecule has 0 saturated carbocycles. The molecule has 1 aliphatic heterocycles. The number of ether oxygens (including phenoxy) is 1. The van der Waals surface area contributed by atoms with Crippen molar-refractivity contribution in [1.29, 1.82) is 0 Å². The molecule has 1 atom stereocenters. The molecular weight excluding hydrogens is 394 g/mol. The van der Waals surface area contributed by atoms with Gasteiger partial charge in [-0.05, 0) is 56.4 Å². The van der Waals surface area contributed by atoms with E-state index in [9.17, 15) is 4.79 Å². The van der Waals surface area contributed by atoms with Gasteiger partial charge in [-0.1, -0.05) is 41.7 Å². The second kappa shape index (κ2) is 9.47. The number of rotatable bonds is 7. The molecule has 4 rings (SSSR count). The SMILES string of the molecule is COc1ccc2nc(N3CCC(C(=O)NC(C)CCc4ccccc4)CC3)sc2c1. The lowest BCUT2D eigenvalue weighted by atomic mass is 9.95. The highest BCUT2D eigenvalue weighted by Crippen LogP contribution is 2.33. The van der Waals surface area contributed by atoms with Crippen LogP contribution < -0.4 is 15.0 Å². The number of amides is 1. The molecule has 0 bridgehead atoms. The highest BCUT2D eigenvalue weighted by Gasteiger charge is 2.27. The first-order valence-corrected chi connectivity index (χ1v) is 11.5. The summed E-state index contributed by atoms with van der Waals surface area (Å²) in [6.45, 7) is 3.84. The molecule has 1 aliphatic rings. The maximum Gasteiger partial charge on any atom is 0.223 e. The van der Waals surface area contributed by atoms with Crippen molar-refractivity contribution >= 4 is 32.6 Å². The highest BCUT2D eigenvalue weighted by atomic mass is 32.1. The first-order chi connectivity index (χ1) is 14.6. The molecule has 1 N–H and O–H groups in total. The minimum Gasteiger partial charge on any atom is -0.497 e. The van der Waals surface area contributed by atoms with E-state index in [1.54, 1.807) is 18.4 Å². The molecule has 1 saturated heterocycles. The summed E-state index contributed by atoms with van der Waals surface area (Å²) in [5.41, 5.74) is 2.32. The summed E-state index contributed by atoms with van der Waals surface area (Å²) in [5.74, 6) is 1.15. The fourth-order valence-electron chi connectivity index (χ4n) is 3.95. The summed E-state index contributed by atoms with van der Waals surface area (Å²) in [7, 11) is 1.68. The van der Waals surface area contributed by atoms with Gasteiger partial charge in [0.15, 0.2) is 5.13 Å². The number of hydrogen-bond acceptors (Lipinski definition) is 5. The molecule has 1 amide bonds. The van der Waals surface area contributed by atoms with Crippen LogP contribution in [0.2, 0.25) is 0 Å². The van der Waals surface area contributed by atoms with Gasteiger partial charge in [-0.2, -0.15) is 0 Å². The third-order valence-electron chi connectivity index (χ3n) is 5.82. The Hall–Kier alpha value is -2.60. The lowest BCUT2D eigenvalue weighted by Gasteiger charge is -2.31. The molecule has 6 heteroatoms. The Morgan fingerprint density at radius 1 is 1.23 bits per heavy atom. The highest BCUT2D eigenvalue weighted by molar-refractivity contribution is 7.22. The molecule has 1 aromatic heterocycles. The molecule has 2 heterocycles. The van der Waals surface area contributed by atoms with Crippen LogP contribution in [0.1, 0.15) is 31.7 Å². The van der Waals surface area contributed by atoms with Crippen LogP contribution in [0.5, 0.6) is 5.75 Å². The lowest BCUT2D eigenvalue weighted by molar-refractivity contribution is -0.126. The predicted octanol–water partition coefficient (Wildman–Crippen LogP) is 4.66. The first-order valence-electron chi connectivity index (χ1n) is 10.7. The zero-order valence-corrected chi connectivity index (χ0v) is 18.5. The van der Waals surface area contributed by atoms with Crippen molar-refractivity contribution in [3.63, 3.8) is 0 Å². The van der Waals surface area contributed by atoms with Crippen LogP contribution in [-0.2, 0) is 11.2 Å². The number of aromatic nitrogens is 1. The summed E-state index contributed by atoms with van der Waals surface area (Å²) in [6.07, 6.45) is 3.69. The Labute approximate surface area is 182 Å². The Morgan fingerprint density at radius 3 is 2.73 bits per heavy atom. The normalized spacial score (nSPS) is 15.9. The number of thiazole rings is 1. The van der Waals surface area contributed by atoms with E-state index < -0.39 is 0 Å². The van der Waals surface area contributed by atoms with Crippen LogP contribution in [0.4, 0.5) is 5.13 Å². The van der Waals surface area contributed by atoms with E-state index in [1.807, 2.05) is 24.3 Å². The number of anilines is 1. The minimum absolute atomic E-state index is 0.0925. The number of carbonyl (C=O) groups excluding carboxylic acids is 1. The fourth-order valence-corrected chi connectivity index (χ4v) is 4.99. The van der Waals surface area contributed by atoms with E-state index >= 15 is 0 Å². The van der Waals surface area contributed by atoms with Crippen molar-refractivity contribution in [3.8, 4) is 5.75 Å². The standard InChI is InChI=1S/C24H29N3O2S/c1-17(8-9-18-6-4-3-5-7-18)25-23(28)19-12-14-27(15-13-19)24-26-21-11-10-20(29-2)16-22(21)30-24/h3-7,10-11,16-17,19H,8-9,12-15H2,1-2H3,(H,25,28). The number of fused-ring (bicyclic) bond motifs is 1. The monoisotopic (exact) mass is 423 g/mol. The Kier molecular flexibility index (Phi) is 6.53. The molecule has 1 fully saturated rings. The summed E-state index contributed by atoms with van der Waals surface area (Å²) >= 11 is 1.69. The van der Waals surface area contributed by atoms with Crippen LogP contribution >= 0.6 is 11.3 Å². The molecule has 3 aromatic rings. The molecule has 1 unspecified atom stereocenters. The van der Waals surface area contributed by atoms with Crippen molar-refractivity contribution < 1.29 is 9.53 Å².